The fourth-order valence-corrected chi connectivity index (χ4v) is 2.87. The molecule has 0 radical (unpaired) electrons. The molecule has 7 nitrogen and oxygen atoms in total. The minimum atomic E-state index is -0.202. The number of ether oxygens (including phenoxy) is 1. The Morgan fingerprint density at radius 2 is 2.30 bits per heavy atom. The summed E-state index contributed by atoms with van der Waals surface area (Å²) >= 11 is 0. The first-order valence-corrected chi connectivity index (χ1v) is 7.81. The predicted octanol–water partition coefficient (Wildman–Crippen LogP) is 1.42. The molecular formula is C16H21N5O2. The molecule has 3 heterocycles. The summed E-state index contributed by atoms with van der Waals surface area (Å²) in [7, 11) is 1.91. The van der Waals surface area contributed by atoms with Gasteiger partial charge in [0.15, 0.2) is 0 Å². The fraction of sp³-hybridized carbons (Fsp3) is 0.500. The number of carbonyl (C=O) groups excluding carboxylic acids is 1. The number of nitrogens with one attached hydrogen (secondary N) is 1. The number of hydrogen-bond acceptors (Lipinski definition) is 5. The third-order valence-corrected chi connectivity index (χ3v) is 4.13. The first-order valence-electron chi connectivity index (χ1n) is 7.81. The summed E-state index contributed by atoms with van der Waals surface area (Å²) in [4.78, 5) is 20.4. The molecule has 2 atom stereocenters. The highest BCUT2D eigenvalue weighted by Gasteiger charge is 2.29. The summed E-state index contributed by atoms with van der Waals surface area (Å²) in [5.74, 6) is 0.0216. The van der Waals surface area contributed by atoms with Crippen LogP contribution in [0.5, 0.6) is 0 Å². The lowest BCUT2D eigenvalue weighted by Crippen LogP contribution is -2.36. The third-order valence-electron chi connectivity index (χ3n) is 4.13. The smallest absolute Gasteiger partial charge is 0.271 e. The van der Waals surface area contributed by atoms with E-state index in [4.69, 9.17) is 4.74 Å². The van der Waals surface area contributed by atoms with Crippen LogP contribution in [0.3, 0.4) is 0 Å². The lowest BCUT2D eigenvalue weighted by atomic mass is 9.92. The summed E-state index contributed by atoms with van der Waals surface area (Å²) in [6.07, 6.45) is 6.83. The van der Waals surface area contributed by atoms with Crippen LogP contribution in [0.25, 0.3) is 0 Å². The van der Waals surface area contributed by atoms with Crippen molar-refractivity contribution < 1.29 is 9.53 Å². The number of hydrogen-bond donors (Lipinski definition) is 1. The Labute approximate surface area is 135 Å². The lowest BCUT2D eigenvalue weighted by molar-refractivity contribution is -0.0317. The zero-order valence-corrected chi connectivity index (χ0v) is 13.4. The molecular weight excluding hydrogens is 294 g/mol. The molecule has 1 aliphatic heterocycles. The van der Waals surface area contributed by atoms with Crippen LogP contribution in [0.2, 0.25) is 0 Å². The van der Waals surface area contributed by atoms with Crippen molar-refractivity contribution in [1.29, 1.82) is 0 Å². The summed E-state index contributed by atoms with van der Waals surface area (Å²) in [6.45, 7) is 3.13. The minimum absolute atomic E-state index is 0.0411. The van der Waals surface area contributed by atoms with Gasteiger partial charge in [0.25, 0.3) is 5.91 Å². The Hall–Kier alpha value is -2.28. The summed E-state index contributed by atoms with van der Waals surface area (Å²) < 4.78 is 7.76. The number of carbonyl (C=O) groups is 1. The first-order chi connectivity index (χ1) is 11.1. The molecule has 1 aliphatic rings. The van der Waals surface area contributed by atoms with E-state index in [9.17, 15) is 4.79 Å². The molecule has 0 aliphatic carbocycles. The van der Waals surface area contributed by atoms with Gasteiger partial charge in [0.1, 0.15) is 11.8 Å². The van der Waals surface area contributed by atoms with Crippen molar-refractivity contribution in [2.24, 2.45) is 13.0 Å². The molecule has 0 saturated carbocycles. The molecule has 0 bridgehead atoms. The lowest BCUT2D eigenvalue weighted by Gasteiger charge is -2.31. The number of aryl methyl sites for hydroxylation is 2. The fourth-order valence-electron chi connectivity index (χ4n) is 2.87. The van der Waals surface area contributed by atoms with Gasteiger partial charge in [-0.2, -0.15) is 5.10 Å². The van der Waals surface area contributed by atoms with Gasteiger partial charge in [-0.3, -0.25) is 14.5 Å². The van der Waals surface area contributed by atoms with Crippen LogP contribution in [-0.4, -0.2) is 38.8 Å². The normalized spacial score (nSPS) is 21.1. The Balaban J connectivity index is 1.64. The average Bonchev–Trinajstić information content (AvgIpc) is 2.99. The second-order valence-electron chi connectivity index (χ2n) is 5.83. The molecule has 1 N–H and O–H groups in total. The monoisotopic (exact) mass is 315 g/mol. The van der Waals surface area contributed by atoms with Gasteiger partial charge < -0.3 is 10.1 Å². The van der Waals surface area contributed by atoms with Crippen molar-refractivity contribution in [3.05, 3.63) is 41.7 Å². The van der Waals surface area contributed by atoms with E-state index in [1.807, 2.05) is 24.7 Å². The van der Waals surface area contributed by atoms with Crippen LogP contribution in [-0.2, 0) is 11.8 Å². The summed E-state index contributed by atoms with van der Waals surface area (Å²) in [5, 5.41) is 7.16. The van der Waals surface area contributed by atoms with Crippen LogP contribution in [0.4, 0.5) is 0 Å². The molecule has 0 spiro atoms. The van der Waals surface area contributed by atoms with Gasteiger partial charge in [-0.05, 0) is 25.8 Å². The highest BCUT2D eigenvalue weighted by atomic mass is 16.5. The molecule has 1 amide bonds. The Bertz CT molecular complexity index is 667. The maximum atomic E-state index is 12.2. The largest absolute Gasteiger partial charge is 0.372 e. The summed E-state index contributed by atoms with van der Waals surface area (Å²) in [6, 6.07) is 1.97. The highest BCUT2D eigenvalue weighted by molar-refractivity contribution is 5.91. The van der Waals surface area contributed by atoms with Gasteiger partial charge >= 0.3 is 0 Å². The molecule has 1 saturated heterocycles. The Morgan fingerprint density at radius 1 is 1.43 bits per heavy atom. The third kappa shape index (κ3) is 3.56. The van der Waals surface area contributed by atoms with E-state index in [0.717, 1.165) is 30.8 Å². The van der Waals surface area contributed by atoms with E-state index in [2.05, 4.69) is 20.4 Å². The van der Waals surface area contributed by atoms with Crippen molar-refractivity contribution in [2.75, 3.05) is 13.2 Å². The maximum Gasteiger partial charge on any atom is 0.271 e. The van der Waals surface area contributed by atoms with Crippen LogP contribution >= 0.6 is 0 Å². The van der Waals surface area contributed by atoms with Crippen molar-refractivity contribution >= 4 is 5.91 Å². The molecule has 2 aromatic heterocycles. The number of amides is 1. The zero-order valence-electron chi connectivity index (χ0n) is 13.4. The minimum Gasteiger partial charge on any atom is -0.372 e. The van der Waals surface area contributed by atoms with Gasteiger partial charge in [-0.25, -0.2) is 4.98 Å². The van der Waals surface area contributed by atoms with Gasteiger partial charge in [-0.15, -0.1) is 0 Å². The SMILES string of the molecule is Cc1cnc(C(=O)NC[C@@H]2CCCO[C@H]2c2ccnn2C)cn1. The standard InChI is InChI=1S/C16H21N5O2/c1-11-8-18-13(10-17-11)16(22)19-9-12-4-3-7-23-15(12)14-5-6-20-21(14)2/h5-6,8,10,12,15H,3-4,7,9H2,1-2H3,(H,19,22)/t12-,15+/m0/s1. The van der Waals surface area contributed by atoms with E-state index in [-0.39, 0.29) is 17.9 Å². The van der Waals surface area contributed by atoms with Crippen LogP contribution < -0.4 is 5.32 Å². The zero-order chi connectivity index (χ0) is 16.2. The van der Waals surface area contributed by atoms with Crippen molar-refractivity contribution in [2.45, 2.75) is 25.9 Å². The number of aromatic nitrogens is 4. The molecule has 7 heteroatoms. The van der Waals surface area contributed by atoms with E-state index in [1.54, 1.807) is 12.4 Å². The van der Waals surface area contributed by atoms with Gasteiger partial charge in [0.2, 0.25) is 0 Å². The second-order valence-corrected chi connectivity index (χ2v) is 5.83. The Kier molecular flexibility index (Phi) is 4.66. The first kappa shape index (κ1) is 15.6. The molecule has 3 rings (SSSR count). The predicted molar refractivity (Wildman–Crippen MR) is 83.7 cm³/mol. The van der Waals surface area contributed by atoms with E-state index < -0.39 is 0 Å². The molecule has 0 unspecified atom stereocenters. The average molecular weight is 315 g/mol. The quantitative estimate of drug-likeness (QED) is 0.922. The van der Waals surface area contributed by atoms with Gasteiger partial charge in [0, 0.05) is 38.5 Å². The van der Waals surface area contributed by atoms with Crippen molar-refractivity contribution in [3.8, 4) is 0 Å². The van der Waals surface area contributed by atoms with E-state index in [1.165, 1.54) is 6.20 Å². The van der Waals surface area contributed by atoms with Crippen LogP contribution in [0, 0.1) is 12.8 Å². The number of rotatable bonds is 4. The van der Waals surface area contributed by atoms with Crippen LogP contribution in [0.1, 0.15) is 40.8 Å². The maximum absolute atomic E-state index is 12.2. The topological polar surface area (TPSA) is 81.9 Å². The molecule has 23 heavy (non-hydrogen) atoms. The second kappa shape index (κ2) is 6.87. The van der Waals surface area contributed by atoms with E-state index >= 15 is 0 Å². The van der Waals surface area contributed by atoms with Crippen LogP contribution in [0.15, 0.2) is 24.7 Å². The van der Waals surface area contributed by atoms with Gasteiger partial charge in [0.05, 0.1) is 17.6 Å². The molecule has 122 valence electrons. The summed E-state index contributed by atoms with van der Waals surface area (Å²) in [5.41, 5.74) is 2.17. The Morgan fingerprint density at radius 3 is 3.00 bits per heavy atom. The molecule has 2 aromatic rings. The van der Waals surface area contributed by atoms with E-state index in [0.29, 0.717) is 12.2 Å². The van der Waals surface area contributed by atoms with Crippen molar-refractivity contribution in [3.63, 3.8) is 0 Å². The van der Waals surface area contributed by atoms with Gasteiger partial charge in [-0.1, -0.05) is 0 Å². The molecule has 1 fully saturated rings. The highest BCUT2D eigenvalue weighted by Crippen LogP contribution is 2.32. The molecule has 0 aromatic carbocycles. The number of nitrogens with zero attached hydrogens (tertiary/aromatic N) is 4. The van der Waals surface area contributed by atoms with Crippen molar-refractivity contribution in [1.82, 2.24) is 25.1 Å².